The van der Waals surface area contributed by atoms with E-state index < -0.39 is 0 Å². The van der Waals surface area contributed by atoms with E-state index in [0.29, 0.717) is 12.0 Å². The summed E-state index contributed by atoms with van der Waals surface area (Å²) < 4.78 is 5.84. The van der Waals surface area contributed by atoms with Crippen molar-refractivity contribution in [2.24, 2.45) is 5.92 Å². The average molecular weight is 219 g/mol. The van der Waals surface area contributed by atoms with Crippen molar-refractivity contribution >= 4 is 0 Å². The van der Waals surface area contributed by atoms with E-state index >= 15 is 0 Å². The summed E-state index contributed by atoms with van der Waals surface area (Å²) in [5.74, 6) is 0.633. The third-order valence-electron chi connectivity index (χ3n) is 3.18. The monoisotopic (exact) mass is 219 g/mol. The minimum absolute atomic E-state index is 0.297. The van der Waals surface area contributed by atoms with E-state index in [1.165, 1.54) is 18.4 Å². The first-order valence-electron chi connectivity index (χ1n) is 6.29. The fraction of sp³-hybridized carbons (Fsp3) is 0.571. The van der Waals surface area contributed by atoms with Crippen molar-refractivity contribution in [1.29, 1.82) is 0 Å². The number of hydrogen-bond donors (Lipinski definition) is 1. The lowest BCUT2D eigenvalue weighted by atomic mass is 9.95. The number of benzene rings is 1. The van der Waals surface area contributed by atoms with Crippen LogP contribution in [0.3, 0.4) is 0 Å². The van der Waals surface area contributed by atoms with E-state index in [4.69, 9.17) is 4.74 Å². The largest absolute Gasteiger partial charge is 0.373 e. The van der Waals surface area contributed by atoms with Crippen molar-refractivity contribution in [2.75, 3.05) is 19.7 Å². The molecule has 88 valence electrons. The summed E-state index contributed by atoms with van der Waals surface area (Å²) in [5.41, 5.74) is 1.32. The Morgan fingerprint density at radius 2 is 2.12 bits per heavy atom. The molecular formula is C14H21NO. The molecule has 1 fully saturated rings. The number of nitrogens with one attached hydrogen (secondary N) is 1. The van der Waals surface area contributed by atoms with Gasteiger partial charge in [0.2, 0.25) is 0 Å². The van der Waals surface area contributed by atoms with Crippen molar-refractivity contribution in [3.63, 3.8) is 0 Å². The Bertz CT molecular complexity index is 299. The normalized spacial score (nSPS) is 24.8. The van der Waals surface area contributed by atoms with E-state index in [1.807, 2.05) is 0 Å². The SMILES string of the molecule is CCCNCC1CCOC1c1ccccc1. The van der Waals surface area contributed by atoms with Crippen LogP contribution >= 0.6 is 0 Å². The van der Waals surface area contributed by atoms with E-state index in [0.717, 1.165) is 19.7 Å². The average Bonchev–Trinajstić information content (AvgIpc) is 2.79. The molecule has 0 radical (unpaired) electrons. The maximum Gasteiger partial charge on any atom is 0.0866 e. The predicted molar refractivity (Wildman–Crippen MR) is 66.4 cm³/mol. The second-order valence-electron chi connectivity index (χ2n) is 4.45. The van der Waals surface area contributed by atoms with Crippen LogP contribution < -0.4 is 5.32 Å². The quantitative estimate of drug-likeness (QED) is 0.769. The van der Waals surface area contributed by atoms with E-state index in [-0.39, 0.29) is 0 Å². The zero-order valence-corrected chi connectivity index (χ0v) is 9.99. The second-order valence-corrected chi connectivity index (χ2v) is 4.45. The molecule has 2 atom stereocenters. The van der Waals surface area contributed by atoms with Gasteiger partial charge in [0, 0.05) is 19.1 Å². The maximum absolute atomic E-state index is 5.84. The summed E-state index contributed by atoms with van der Waals surface area (Å²) in [5, 5.41) is 3.50. The smallest absolute Gasteiger partial charge is 0.0866 e. The van der Waals surface area contributed by atoms with Gasteiger partial charge in [-0.3, -0.25) is 0 Å². The zero-order valence-electron chi connectivity index (χ0n) is 9.99. The van der Waals surface area contributed by atoms with Gasteiger partial charge in [-0.1, -0.05) is 37.3 Å². The fourth-order valence-electron chi connectivity index (χ4n) is 2.32. The molecule has 0 amide bonds. The topological polar surface area (TPSA) is 21.3 Å². The van der Waals surface area contributed by atoms with Crippen LogP contribution in [0.25, 0.3) is 0 Å². The molecule has 1 N–H and O–H groups in total. The fourth-order valence-corrected chi connectivity index (χ4v) is 2.32. The highest BCUT2D eigenvalue weighted by molar-refractivity contribution is 5.19. The van der Waals surface area contributed by atoms with Gasteiger partial charge >= 0.3 is 0 Å². The van der Waals surface area contributed by atoms with Gasteiger partial charge in [0.1, 0.15) is 0 Å². The van der Waals surface area contributed by atoms with Crippen molar-refractivity contribution in [3.05, 3.63) is 35.9 Å². The molecule has 1 aliphatic rings. The lowest BCUT2D eigenvalue weighted by Gasteiger charge is -2.19. The van der Waals surface area contributed by atoms with E-state index in [1.54, 1.807) is 0 Å². The minimum atomic E-state index is 0.297. The van der Waals surface area contributed by atoms with Crippen molar-refractivity contribution in [3.8, 4) is 0 Å². The molecule has 2 unspecified atom stereocenters. The lowest BCUT2D eigenvalue weighted by Crippen LogP contribution is -2.25. The highest BCUT2D eigenvalue weighted by Crippen LogP contribution is 2.33. The summed E-state index contributed by atoms with van der Waals surface area (Å²) in [6, 6.07) is 10.6. The van der Waals surface area contributed by atoms with Crippen molar-refractivity contribution in [2.45, 2.75) is 25.9 Å². The van der Waals surface area contributed by atoms with Gasteiger partial charge in [0.15, 0.2) is 0 Å². The highest BCUT2D eigenvalue weighted by atomic mass is 16.5. The Labute approximate surface area is 98.0 Å². The first-order chi connectivity index (χ1) is 7.92. The van der Waals surface area contributed by atoms with Crippen LogP contribution in [0.2, 0.25) is 0 Å². The lowest BCUT2D eigenvalue weighted by molar-refractivity contribution is 0.0906. The Morgan fingerprint density at radius 1 is 1.31 bits per heavy atom. The number of rotatable bonds is 5. The van der Waals surface area contributed by atoms with Crippen LogP contribution in [0.4, 0.5) is 0 Å². The van der Waals surface area contributed by atoms with Crippen LogP contribution in [0.5, 0.6) is 0 Å². The molecule has 16 heavy (non-hydrogen) atoms. The molecule has 1 saturated heterocycles. The van der Waals surface area contributed by atoms with Crippen LogP contribution in [0.15, 0.2) is 30.3 Å². The summed E-state index contributed by atoms with van der Waals surface area (Å²) in [7, 11) is 0. The predicted octanol–water partition coefficient (Wildman–Crippen LogP) is 2.76. The molecule has 0 bridgehead atoms. The molecule has 0 spiro atoms. The molecule has 1 aromatic carbocycles. The van der Waals surface area contributed by atoms with Gasteiger partial charge in [0.25, 0.3) is 0 Å². The van der Waals surface area contributed by atoms with Gasteiger partial charge in [-0.25, -0.2) is 0 Å². The molecule has 2 heteroatoms. The van der Waals surface area contributed by atoms with Crippen LogP contribution in [-0.4, -0.2) is 19.7 Å². The zero-order chi connectivity index (χ0) is 11.2. The molecule has 0 aliphatic carbocycles. The molecule has 1 aromatic rings. The summed E-state index contributed by atoms with van der Waals surface area (Å²) >= 11 is 0. The Balaban J connectivity index is 1.93. The highest BCUT2D eigenvalue weighted by Gasteiger charge is 2.28. The van der Waals surface area contributed by atoms with Crippen LogP contribution in [-0.2, 0) is 4.74 Å². The van der Waals surface area contributed by atoms with Gasteiger partial charge in [-0.15, -0.1) is 0 Å². The summed E-state index contributed by atoms with van der Waals surface area (Å²) in [6.07, 6.45) is 2.67. The van der Waals surface area contributed by atoms with Gasteiger partial charge in [0.05, 0.1) is 6.10 Å². The van der Waals surface area contributed by atoms with Crippen LogP contribution in [0.1, 0.15) is 31.4 Å². The van der Waals surface area contributed by atoms with Gasteiger partial charge < -0.3 is 10.1 Å². The minimum Gasteiger partial charge on any atom is -0.373 e. The molecular weight excluding hydrogens is 198 g/mol. The van der Waals surface area contributed by atoms with Crippen molar-refractivity contribution in [1.82, 2.24) is 5.32 Å². The van der Waals surface area contributed by atoms with Gasteiger partial charge in [-0.05, 0) is 24.9 Å². The summed E-state index contributed by atoms with van der Waals surface area (Å²) in [4.78, 5) is 0. The Morgan fingerprint density at radius 3 is 2.88 bits per heavy atom. The Hall–Kier alpha value is -0.860. The van der Waals surface area contributed by atoms with Crippen molar-refractivity contribution < 1.29 is 4.74 Å². The number of hydrogen-bond acceptors (Lipinski definition) is 2. The third-order valence-corrected chi connectivity index (χ3v) is 3.18. The first kappa shape index (κ1) is 11.6. The van der Waals surface area contributed by atoms with Gasteiger partial charge in [-0.2, -0.15) is 0 Å². The molecule has 2 nitrogen and oxygen atoms in total. The van der Waals surface area contributed by atoms with Crippen LogP contribution in [0, 0.1) is 5.92 Å². The molecule has 2 rings (SSSR count). The second kappa shape index (κ2) is 6.02. The maximum atomic E-state index is 5.84. The standard InChI is InChI=1S/C14H21NO/c1-2-9-15-11-13-8-10-16-14(13)12-6-4-3-5-7-12/h3-7,13-15H,2,8-11H2,1H3. The third kappa shape index (κ3) is 2.83. The Kier molecular flexibility index (Phi) is 4.37. The molecule has 1 aliphatic heterocycles. The van der Waals surface area contributed by atoms with E-state index in [9.17, 15) is 0 Å². The molecule has 0 aromatic heterocycles. The number of ether oxygens (including phenoxy) is 1. The van der Waals surface area contributed by atoms with E-state index in [2.05, 4.69) is 42.6 Å². The molecule has 0 saturated carbocycles. The first-order valence-corrected chi connectivity index (χ1v) is 6.29. The molecule has 1 heterocycles. The summed E-state index contributed by atoms with van der Waals surface area (Å²) in [6.45, 7) is 5.29.